The van der Waals surface area contributed by atoms with Crippen molar-refractivity contribution in [3.63, 3.8) is 0 Å². The zero-order valence-corrected chi connectivity index (χ0v) is 7.27. The summed E-state index contributed by atoms with van der Waals surface area (Å²) < 4.78 is 0. The summed E-state index contributed by atoms with van der Waals surface area (Å²) in [5.74, 6) is 0. The third-order valence-electron chi connectivity index (χ3n) is 0. The number of halogens is 4. The third kappa shape index (κ3) is 54.3. The largest absolute Gasteiger partial charge is 0.326 e. The lowest BCUT2D eigenvalue weighted by Gasteiger charge is -1.65. The summed E-state index contributed by atoms with van der Waals surface area (Å²) in [7, 11) is 0. The molecule has 0 aromatic carbocycles. The third-order valence-corrected chi connectivity index (χ3v) is 0. The van der Waals surface area contributed by atoms with E-state index in [2.05, 4.69) is 11.6 Å². The van der Waals surface area contributed by atoms with Crippen molar-refractivity contribution in [2.75, 3.05) is 6.38 Å². The average molecular weight is 186 g/mol. The van der Waals surface area contributed by atoms with Gasteiger partial charge in [-0.25, -0.2) is 0 Å². The molecule has 0 nitrogen and oxygen atoms in total. The molecule has 0 aromatic heterocycles. The van der Waals surface area contributed by atoms with Crippen molar-refractivity contribution >= 4 is 51.6 Å². The molecule has 0 heterocycles. The fraction of sp³-hybridized carbons (Fsp3) is 1.00. The van der Waals surface area contributed by atoms with Crippen LogP contribution in [0.1, 0.15) is 0 Å². The normalized spacial score (nSPS) is 7.00. The Morgan fingerprint density at radius 3 is 1.00 bits per heavy atom. The summed E-state index contributed by atoms with van der Waals surface area (Å²) in [5.41, 5.74) is 0. The first-order valence-corrected chi connectivity index (χ1v) is 7.03. The molecular formula is CH4Cl4Si. The van der Waals surface area contributed by atoms with Crippen molar-refractivity contribution in [3.8, 4) is 0 Å². The first-order valence-electron chi connectivity index (χ1n) is 1.03. The van der Waals surface area contributed by atoms with Gasteiger partial charge in [0.25, 0.3) is 0 Å². The molecule has 40 valence electrons. The summed E-state index contributed by atoms with van der Waals surface area (Å²) in [6, 6.07) is 0. The summed E-state index contributed by atoms with van der Waals surface area (Å²) in [6.07, 6.45) is 1.47. The van der Waals surface area contributed by atoms with E-state index in [1.807, 2.05) is 0 Å². The van der Waals surface area contributed by atoms with E-state index in [4.69, 9.17) is 33.2 Å². The van der Waals surface area contributed by atoms with Crippen LogP contribution in [0.5, 0.6) is 0 Å². The van der Waals surface area contributed by atoms with Gasteiger partial charge >= 0.3 is 6.73 Å². The van der Waals surface area contributed by atoms with E-state index in [9.17, 15) is 0 Å². The van der Waals surface area contributed by atoms with Crippen LogP contribution in [-0.4, -0.2) is 13.1 Å². The number of hydrogen-bond donors (Lipinski definition) is 0. The van der Waals surface area contributed by atoms with Crippen LogP contribution in [0.2, 0.25) is 0 Å². The van der Waals surface area contributed by atoms with Crippen LogP contribution < -0.4 is 0 Å². The van der Waals surface area contributed by atoms with Gasteiger partial charge in [0, 0.05) is 6.38 Å². The highest BCUT2D eigenvalue weighted by Crippen LogP contribution is 1.97. The second kappa shape index (κ2) is 9.62. The summed E-state index contributed by atoms with van der Waals surface area (Å²) in [4.78, 5) is 0. The van der Waals surface area contributed by atoms with Crippen molar-refractivity contribution < 1.29 is 0 Å². The lowest BCUT2D eigenvalue weighted by molar-refractivity contribution is 2.46. The maximum absolute atomic E-state index is 4.94. The Morgan fingerprint density at radius 1 is 1.00 bits per heavy atom. The topological polar surface area (TPSA) is 0 Å². The Balaban J connectivity index is 0. The first-order chi connectivity index (χ1) is 2.73. The minimum Gasteiger partial charge on any atom is -0.130 e. The van der Waals surface area contributed by atoms with E-state index < -0.39 is 6.73 Å². The van der Waals surface area contributed by atoms with Crippen molar-refractivity contribution in [1.29, 1.82) is 0 Å². The lowest BCUT2D eigenvalue weighted by atomic mass is 12.0. The number of alkyl halides is 1. The Hall–Kier alpha value is 1.38. The molecule has 0 atom stereocenters. The van der Waals surface area contributed by atoms with E-state index in [0.717, 1.165) is 0 Å². The van der Waals surface area contributed by atoms with Gasteiger partial charge in [0.05, 0.1) is 0 Å². The van der Waals surface area contributed by atoms with Crippen LogP contribution in [0, 0.1) is 0 Å². The van der Waals surface area contributed by atoms with Gasteiger partial charge in [-0.15, -0.1) is 44.8 Å². The van der Waals surface area contributed by atoms with E-state index in [0.29, 0.717) is 0 Å². The summed E-state index contributed by atoms with van der Waals surface area (Å²) >= 11 is 19.5. The molecule has 0 N–H and O–H groups in total. The highest BCUT2D eigenvalue weighted by molar-refractivity contribution is 7.54. The Bertz CT molecular complexity index is 12.3. The van der Waals surface area contributed by atoms with Gasteiger partial charge < -0.3 is 0 Å². The summed E-state index contributed by atoms with van der Waals surface area (Å²) in [5, 5.41) is 0. The molecule has 0 aliphatic carbocycles. The van der Waals surface area contributed by atoms with Crippen molar-refractivity contribution in [2.24, 2.45) is 0 Å². The van der Waals surface area contributed by atoms with Crippen LogP contribution in [-0.2, 0) is 0 Å². The monoisotopic (exact) mass is 184 g/mol. The predicted octanol–water partition coefficient (Wildman–Crippen LogP) is 2.28. The molecule has 5 heteroatoms. The summed E-state index contributed by atoms with van der Waals surface area (Å²) in [6.45, 7) is -1.72. The van der Waals surface area contributed by atoms with Crippen molar-refractivity contribution in [1.82, 2.24) is 0 Å². The van der Waals surface area contributed by atoms with Crippen LogP contribution >= 0.6 is 44.8 Å². The zero-order chi connectivity index (χ0) is 5.58. The predicted molar refractivity (Wildman–Crippen MR) is 36.5 cm³/mol. The molecule has 0 radical (unpaired) electrons. The lowest BCUT2D eigenvalue weighted by Crippen LogP contribution is -1.66. The van der Waals surface area contributed by atoms with Gasteiger partial charge in [-0.3, -0.25) is 0 Å². The highest BCUT2D eigenvalue weighted by atomic mass is 35.8. The quantitative estimate of drug-likeness (QED) is 0.309. The molecule has 0 amide bonds. The van der Waals surface area contributed by atoms with E-state index in [1.165, 1.54) is 6.38 Å². The minimum atomic E-state index is -1.72. The van der Waals surface area contributed by atoms with E-state index in [-0.39, 0.29) is 0 Å². The Labute approximate surface area is 58.1 Å². The molecule has 6 heavy (non-hydrogen) atoms. The van der Waals surface area contributed by atoms with Crippen molar-refractivity contribution in [3.05, 3.63) is 0 Å². The Kier molecular flexibility index (Phi) is 16.6. The molecule has 0 aliphatic heterocycles. The van der Waals surface area contributed by atoms with Gasteiger partial charge in [-0.05, 0) is 0 Å². The molecule has 0 bridgehead atoms. The second-order valence-corrected chi connectivity index (χ2v) is 6.68. The molecule has 0 rings (SSSR count). The zero-order valence-electron chi connectivity index (χ0n) is 3.09. The fourth-order valence-electron chi connectivity index (χ4n) is 0. The van der Waals surface area contributed by atoms with Gasteiger partial charge in [0.1, 0.15) is 0 Å². The maximum atomic E-state index is 4.94. The smallest absolute Gasteiger partial charge is 0.130 e. The van der Waals surface area contributed by atoms with Gasteiger partial charge in [-0.2, -0.15) is 0 Å². The molecule has 0 saturated carbocycles. The molecule has 0 aliphatic rings. The Morgan fingerprint density at radius 2 is 1.00 bits per heavy atom. The molecule has 0 aromatic rings. The SMILES string of the molecule is CCl.Cl[SiH](Cl)Cl. The van der Waals surface area contributed by atoms with Crippen LogP contribution in [0.25, 0.3) is 0 Å². The molecule has 0 unspecified atom stereocenters. The highest BCUT2D eigenvalue weighted by Gasteiger charge is 1.85. The maximum Gasteiger partial charge on any atom is 0.326 e. The van der Waals surface area contributed by atoms with E-state index in [1.54, 1.807) is 0 Å². The fourth-order valence-corrected chi connectivity index (χ4v) is 0. The molecule has 0 saturated heterocycles. The first kappa shape index (κ1) is 10.4. The molecular weight excluding hydrogens is 182 g/mol. The standard InChI is InChI=1S/CH3Cl.Cl3HSi/c1-2;1-4(2)3/h1H3;4H. The van der Waals surface area contributed by atoms with Crippen LogP contribution in [0.3, 0.4) is 0 Å². The van der Waals surface area contributed by atoms with Crippen molar-refractivity contribution in [2.45, 2.75) is 0 Å². The van der Waals surface area contributed by atoms with E-state index >= 15 is 0 Å². The minimum absolute atomic E-state index is 1.47. The van der Waals surface area contributed by atoms with Gasteiger partial charge in [0.15, 0.2) is 0 Å². The average Bonchev–Trinajstić information content (AvgIpc) is 1.41. The van der Waals surface area contributed by atoms with Gasteiger partial charge in [-0.1, -0.05) is 0 Å². The molecule has 0 fully saturated rings. The second-order valence-electron chi connectivity index (χ2n) is 0.247. The van der Waals surface area contributed by atoms with Crippen LogP contribution in [0.15, 0.2) is 0 Å². The molecule has 0 spiro atoms. The number of rotatable bonds is 0. The number of hydrogen-bond acceptors (Lipinski definition) is 0. The van der Waals surface area contributed by atoms with Crippen LogP contribution in [0.4, 0.5) is 0 Å². The van der Waals surface area contributed by atoms with Gasteiger partial charge in [0.2, 0.25) is 0 Å².